The van der Waals surface area contributed by atoms with Gasteiger partial charge in [0.1, 0.15) is 5.75 Å². The average molecular weight is 290 g/mol. The number of hydrogen-bond donors (Lipinski definition) is 1. The van der Waals surface area contributed by atoms with Crippen molar-refractivity contribution in [1.82, 2.24) is 4.98 Å². The first-order valence-electron chi connectivity index (χ1n) is 5.97. The second-order valence-corrected chi connectivity index (χ2v) is 6.35. The van der Waals surface area contributed by atoms with Crippen LogP contribution >= 0.6 is 0 Å². The first kappa shape index (κ1) is 14.2. The van der Waals surface area contributed by atoms with Crippen molar-refractivity contribution in [3.8, 4) is 0 Å². The number of rotatable bonds is 4. The highest BCUT2D eigenvalue weighted by Crippen LogP contribution is 2.13. The van der Waals surface area contributed by atoms with Gasteiger partial charge in [0.15, 0.2) is 9.84 Å². The van der Waals surface area contributed by atoms with Gasteiger partial charge >= 0.3 is 0 Å². The van der Waals surface area contributed by atoms with Gasteiger partial charge in [-0.3, -0.25) is 9.78 Å². The zero-order valence-electron chi connectivity index (χ0n) is 10.9. The number of amides is 1. The van der Waals surface area contributed by atoms with Crippen molar-refractivity contribution >= 4 is 21.4 Å². The van der Waals surface area contributed by atoms with Crippen LogP contribution in [0.15, 0.2) is 53.7 Å². The number of aryl methyl sites for hydroxylation is 1. The Morgan fingerprint density at radius 3 is 2.30 bits per heavy atom. The van der Waals surface area contributed by atoms with Gasteiger partial charge in [0.25, 0.3) is 0 Å². The molecule has 0 aliphatic rings. The summed E-state index contributed by atoms with van der Waals surface area (Å²) >= 11 is 0. The number of nitrogens with one attached hydrogen (secondary N) is 1. The maximum atomic E-state index is 12.1. The van der Waals surface area contributed by atoms with Crippen molar-refractivity contribution in [2.24, 2.45) is 0 Å². The smallest absolute Gasteiger partial charge is 0.239 e. The lowest BCUT2D eigenvalue weighted by Crippen LogP contribution is -2.23. The van der Waals surface area contributed by atoms with Gasteiger partial charge in [0.05, 0.1) is 4.90 Å². The van der Waals surface area contributed by atoms with Gasteiger partial charge < -0.3 is 5.32 Å². The molecule has 0 saturated carbocycles. The summed E-state index contributed by atoms with van der Waals surface area (Å²) in [6.45, 7) is 1.87. The molecule has 0 fully saturated rings. The molecule has 20 heavy (non-hydrogen) atoms. The van der Waals surface area contributed by atoms with Gasteiger partial charge in [-0.1, -0.05) is 17.7 Å². The summed E-state index contributed by atoms with van der Waals surface area (Å²) in [5, 5.41) is 2.52. The number of anilines is 1. The molecule has 0 atom stereocenters. The van der Waals surface area contributed by atoms with Crippen LogP contribution in [0.2, 0.25) is 0 Å². The Kier molecular flexibility index (Phi) is 4.14. The maximum Gasteiger partial charge on any atom is 0.239 e. The zero-order chi connectivity index (χ0) is 14.6. The summed E-state index contributed by atoms with van der Waals surface area (Å²) in [5.74, 6) is -1.16. The van der Waals surface area contributed by atoms with Crippen molar-refractivity contribution < 1.29 is 13.2 Å². The largest absolute Gasteiger partial charge is 0.325 e. The molecule has 104 valence electrons. The topological polar surface area (TPSA) is 76.1 Å². The molecule has 0 aliphatic carbocycles. The Balaban J connectivity index is 2.08. The van der Waals surface area contributed by atoms with E-state index in [1.54, 1.807) is 24.3 Å². The molecule has 1 amide bonds. The standard InChI is InChI=1S/C14H14N2O3S/c1-11-2-4-13(5-3-11)20(18,19)10-14(17)16-12-6-8-15-9-7-12/h2-9H,10H2,1H3,(H,15,16,17). The monoisotopic (exact) mass is 290 g/mol. The second kappa shape index (κ2) is 5.83. The fraction of sp³-hybridized carbons (Fsp3) is 0.143. The highest BCUT2D eigenvalue weighted by molar-refractivity contribution is 7.92. The number of carbonyl (C=O) groups excluding carboxylic acids is 1. The van der Waals surface area contributed by atoms with E-state index in [2.05, 4.69) is 10.3 Å². The minimum atomic E-state index is -3.62. The summed E-state index contributed by atoms with van der Waals surface area (Å²) < 4.78 is 24.1. The van der Waals surface area contributed by atoms with Crippen LogP contribution < -0.4 is 5.32 Å². The van der Waals surface area contributed by atoms with E-state index in [-0.39, 0.29) is 4.90 Å². The third-order valence-corrected chi connectivity index (χ3v) is 4.30. The minimum absolute atomic E-state index is 0.146. The molecule has 0 aliphatic heterocycles. The number of hydrogen-bond acceptors (Lipinski definition) is 4. The van der Waals surface area contributed by atoms with E-state index >= 15 is 0 Å². The van der Waals surface area contributed by atoms with E-state index in [0.29, 0.717) is 5.69 Å². The number of benzene rings is 1. The summed E-state index contributed by atoms with van der Waals surface area (Å²) in [6.07, 6.45) is 3.04. The molecular formula is C14H14N2O3S. The normalized spacial score (nSPS) is 11.1. The molecule has 0 radical (unpaired) electrons. The molecule has 0 spiro atoms. The van der Waals surface area contributed by atoms with Crippen LogP contribution in [-0.4, -0.2) is 25.1 Å². The number of pyridine rings is 1. The highest BCUT2D eigenvalue weighted by Gasteiger charge is 2.19. The second-order valence-electron chi connectivity index (χ2n) is 4.36. The SMILES string of the molecule is Cc1ccc(S(=O)(=O)CC(=O)Nc2ccncc2)cc1. The Labute approximate surface area is 117 Å². The van der Waals surface area contributed by atoms with E-state index < -0.39 is 21.5 Å². The molecule has 2 rings (SSSR count). The average Bonchev–Trinajstić information content (AvgIpc) is 2.39. The van der Waals surface area contributed by atoms with Crippen molar-refractivity contribution in [2.75, 3.05) is 11.1 Å². The summed E-state index contributed by atoms with van der Waals surface area (Å²) in [6, 6.07) is 9.60. The van der Waals surface area contributed by atoms with E-state index in [9.17, 15) is 13.2 Å². The van der Waals surface area contributed by atoms with Crippen molar-refractivity contribution in [1.29, 1.82) is 0 Å². The number of aromatic nitrogens is 1. The Morgan fingerprint density at radius 2 is 1.70 bits per heavy atom. The highest BCUT2D eigenvalue weighted by atomic mass is 32.2. The summed E-state index contributed by atoms with van der Waals surface area (Å²) in [4.78, 5) is 15.7. The van der Waals surface area contributed by atoms with Crippen molar-refractivity contribution in [3.05, 3.63) is 54.4 Å². The van der Waals surface area contributed by atoms with E-state index in [1.807, 2.05) is 6.92 Å². The molecule has 1 heterocycles. The maximum absolute atomic E-state index is 12.1. The van der Waals surface area contributed by atoms with Gasteiger partial charge in [-0.25, -0.2) is 8.42 Å². The molecule has 1 aromatic carbocycles. The van der Waals surface area contributed by atoms with Gasteiger partial charge in [-0.15, -0.1) is 0 Å². The quantitative estimate of drug-likeness (QED) is 0.931. The van der Waals surface area contributed by atoms with Crippen LogP contribution in [0.4, 0.5) is 5.69 Å². The molecule has 0 saturated heterocycles. The van der Waals surface area contributed by atoms with Gasteiger partial charge in [-0.2, -0.15) is 0 Å². The van der Waals surface area contributed by atoms with Crippen LogP contribution in [0.5, 0.6) is 0 Å². The first-order chi connectivity index (χ1) is 9.47. The van der Waals surface area contributed by atoms with Crippen LogP contribution in [0.3, 0.4) is 0 Å². The Bertz CT molecular complexity index is 695. The lowest BCUT2D eigenvalue weighted by atomic mass is 10.2. The first-order valence-corrected chi connectivity index (χ1v) is 7.62. The van der Waals surface area contributed by atoms with Gasteiger partial charge in [-0.05, 0) is 31.2 Å². The summed E-state index contributed by atoms with van der Waals surface area (Å²) in [5.41, 5.74) is 1.48. The number of sulfone groups is 1. The molecule has 1 N–H and O–H groups in total. The van der Waals surface area contributed by atoms with E-state index in [4.69, 9.17) is 0 Å². The van der Waals surface area contributed by atoms with Crippen LogP contribution in [0.25, 0.3) is 0 Å². The molecule has 5 nitrogen and oxygen atoms in total. The predicted molar refractivity (Wildman–Crippen MR) is 76.1 cm³/mol. The Morgan fingerprint density at radius 1 is 1.10 bits per heavy atom. The van der Waals surface area contributed by atoms with Crippen molar-refractivity contribution in [2.45, 2.75) is 11.8 Å². The zero-order valence-corrected chi connectivity index (χ0v) is 11.7. The third-order valence-electron chi connectivity index (χ3n) is 2.67. The van der Waals surface area contributed by atoms with Gasteiger partial charge in [0.2, 0.25) is 5.91 Å². The lowest BCUT2D eigenvalue weighted by molar-refractivity contribution is -0.113. The van der Waals surface area contributed by atoms with Crippen molar-refractivity contribution in [3.63, 3.8) is 0 Å². The molecular weight excluding hydrogens is 276 g/mol. The van der Waals surface area contributed by atoms with Crippen LogP contribution in [0.1, 0.15) is 5.56 Å². The molecule has 2 aromatic rings. The number of nitrogens with zero attached hydrogens (tertiary/aromatic N) is 1. The molecule has 0 bridgehead atoms. The Hall–Kier alpha value is -2.21. The van der Waals surface area contributed by atoms with Gasteiger partial charge in [0, 0.05) is 18.1 Å². The third kappa shape index (κ3) is 3.64. The lowest BCUT2D eigenvalue weighted by Gasteiger charge is -2.06. The molecule has 0 unspecified atom stereocenters. The number of carbonyl (C=O) groups is 1. The fourth-order valence-electron chi connectivity index (χ4n) is 1.63. The van der Waals surface area contributed by atoms with E-state index in [1.165, 1.54) is 24.5 Å². The van der Waals surface area contributed by atoms with E-state index in [0.717, 1.165) is 5.56 Å². The van der Waals surface area contributed by atoms with Crippen LogP contribution in [-0.2, 0) is 14.6 Å². The molecule has 1 aromatic heterocycles. The van der Waals surface area contributed by atoms with Crippen LogP contribution in [0, 0.1) is 6.92 Å². The molecule has 6 heteroatoms. The predicted octanol–water partition coefficient (Wildman–Crippen LogP) is 1.80. The summed E-state index contributed by atoms with van der Waals surface area (Å²) in [7, 11) is -3.62. The minimum Gasteiger partial charge on any atom is -0.325 e. The fourth-order valence-corrected chi connectivity index (χ4v) is 2.77.